The van der Waals surface area contributed by atoms with Crippen molar-refractivity contribution >= 4 is 18.3 Å². The van der Waals surface area contributed by atoms with Gasteiger partial charge in [0.2, 0.25) is 0 Å². The lowest BCUT2D eigenvalue weighted by molar-refractivity contribution is 0.0711. The molecule has 0 unspecified atom stereocenters. The van der Waals surface area contributed by atoms with Crippen LogP contribution in [0.3, 0.4) is 0 Å². The fraction of sp³-hybridized carbons (Fsp3) is 0.400. The van der Waals surface area contributed by atoms with Gasteiger partial charge in [-0.05, 0) is 37.1 Å². The molecule has 0 bridgehead atoms. The number of carbonyl (C=O) groups excluding carboxylic acids is 1. The first kappa shape index (κ1) is 20.5. The summed E-state index contributed by atoms with van der Waals surface area (Å²) in [5.74, 6) is 1.99. The van der Waals surface area contributed by atoms with Crippen LogP contribution in [0.25, 0.3) is 11.3 Å². The summed E-state index contributed by atoms with van der Waals surface area (Å²) in [7, 11) is 0. The van der Waals surface area contributed by atoms with Gasteiger partial charge < -0.3 is 14.8 Å². The van der Waals surface area contributed by atoms with E-state index < -0.39 is 0 Å². The molecule has 2 aliphatic heterocycles. The van der Waals surface area contributed by atoms with Gasteiger partial charge in [0.15, 0.2) is 0 Å². The standard InChI is InChI=1S/C20H22FN7O.ClH/c21-15-3-1-13(2-4-15)18-16(11-23-25-18)20(29)27-8-5-14(6-9-27)19-26-24-17-12-22-7-10-28(17)19;/h1-4,11,14,22H,5-10,12H2,(H,23,25);1H. The first-order valence-electron chi connectivity index (χ1n) is 9.92. The van der Waals surface area contributed by atoms with Gasteiger partial charge in [0, 0.05) is 37.7 Å². The molecule has 158 valence electrons. The van der Waals surface area contributed by atoms with Gasteiger partial charge in [-0.3, -0.25) is 9.89 Å². The fourth-order valence-electron chi connectivity index (χ4n) is 4.21. The molecule has 0 saturated carbocycles. The van der Waals surface area contributed by atoms with Crippen LogP contribution in [0, 0.1) is 5.82 Å². The van der Waals surface area contributed by atoms with Crippen molar-refractivity contribution in [1.29, 1.82) is 0 Å². The quantitative estimate of drug-likeness (QED) is 0.664. The molecular formula is C20H23ClFN7O. The van der Waals surface area contributed by atoms with Crippen molar-refractivity contribution in [2.75, 3.05) is 19.6 Å². The number of nitrogens with one attached hydrogen (secondary N) is 2. The van der Waals surface area contributed by atoms with Crippen LogP contribution in [0.2, 0.25) is 0 Å². The smallest absolute Gasteiger partial charge is 0.257 e. The molecule has 8 nitrogen and oxygen atoms in total. The SMILES string of the molecule is Cl.O=C(c1cn[nH]c1-c1ccc(F)cc1)N1CCC(c2nnc3n2CCNC3)CC1. The van der Waals surface area contributed by atoms with Gasteiger partial charge in [-0.1, -0.05) is 0 Å². The van der Waals surface area contributed by atoms with Crippen LogP contribution in [0.1, 0.15) is 40.8 Å². The minimum atomic E-state index is -0.310. The maximum absolute atomic E-state index is 13.2. The van der Waals surface area contributed by atoms with Crippen LogP contribution in [0.15, 0.2) is 30.5 Å². The maximum Gasteiger partial charge on any atom is 0.257 e. The largest absolute Gasteiger partial charge is 0.338 e. The van der Waals surface area contributed by atoms with Crippen LogP contribution in [-0.2, 0) is 13.1 Å². The molecular weight excluding hydrogens is 409 g/mol. The zero-order valence-corrected chi connectivity index (χ0v) is 17.2. The summed E-state index contributed by atoms with van der Waals surface area (Å²) >= 11 is 0. The summed E-state index contributed by atoms with van der Waals surface area (Å²) in [6.07, 6.45) is 3.27. The van der Waals surface area contributed by atoms with Crippen molar-refractivity contribution in [3.8, 4) is 11.3 Å². The highest BCUT2D eigenvalue weighted by Gasteiger charge is 2.30. The molecule has 30 heavy (non-hydrogen) atoms. The van der Waals surface area contributed by atoms with E-state index in [0.717, 1.165) is 49.7 Å². The van der Waals surface area contributed by atoms with E-state index in [4.69, 9.17) is 0 Å². The van der Waals surface area contributed by atoms with E-state index in [2.05, 4.69) is 30.3 Å². The summed E-state index contributed by atoms with van der Waals surface area (Å²) < 4.78 is 15.4. The summed E-state index contributed by atoms with van der Waals surface area (Å²) in [5.41, 5.74) is 1.88. The molecule has 0 atom stereocenters. The number of hydrogen-bond donors (Lipinski definition) is 2. The fourth-order valence-corrected chi connectivity index (χ4v) is 4.21. The number of halogens is 2. The van der Waals surface area contributed by atoms with E-state index in [9.17, 15) is 9.18 Å². The van der Waals surface area contributed by atoms with E-state index >= 15 is 0 Å². The number of H-pyrrole nitrogens is 1. The number of carbonyl (C=O) groups is 1. The Balaban J connectivity index is 0.00000218. The van der Waals surface area contributed by atoms with E-state index in [-0.39, 0.29) is 24.1 Å². The highest BCUT2D eigenvalue weighted by atomic mass is 35.5. The minimum Gasteiger partial charge on any atom is -0.338 e. The summed E-state index contributed by atoms with van der Waals surface area (Å²) in [6.45, 7) is 3.92. The Labute approximate surface area is 179 Å². The molecule has 2 aliphatic rings. The molecule has 1 fully saturated rings. The third kappa shape index (κ3) is 3.70. The van der Waals surface area contributed by atoms with E-state index in [1.807, 2.05) is 4.90 Å². The zero-order valence-electron chi connectivity index (χ0n) is 16.3. The van der Waals surface area contributed by atoms with Gasteiger partial charge >= 0.3 is 0 Å². The van der Waals surface area contributed by atoms with E-state index in [1.54, 1.807) is 18.3 Å². The predicted octanol–water partition coefficient (Wildman–Crippen LogP) is 2.35. The van der Waals surface area contributed by atoms with Crippen LogP contribution in [0.5, 0.6) is 0 Å². The molecule has 1 aromatic carbocycles. The number of fused-ring (bicyclic) bond motifs is 1. The van der Waals surface area contributed by atoms with Gasteiger partial charge in [-0.15, -0.1) is 22.6 Å². The first-order chi connectivity index (χ1) is 14.2. The maximum atomic E-state index is 13.2. The topological polar surface area (TPSA) is 91.7 Å². The second-order valence-electron chi connectivity index (χ2n) is 7.53. The molecule has 0 radical (unpaired) electrons. The number of aromatic nitrogens is 5. The molecule has 0 spiro atoms. The average Bonchev–Trinajstić information content (AvgIpc) is 3.41. The van der Waals surface area contributed by atoms with E-state index in [0.29, 0.717) is 30.3 Å². The normalized spacial score (nSPS) is 16.8. The van der Waals surface area contributed by atoms with Crippen LogP contribution in [0.4, 0.5) is 4.39 Å². The van der Waals surface area contributed by atoms with Crippen molar-refractivity contribution in [1.82, 2.24) is 35.2 Å². The number of benzene rings is 1. The highest BCUT2D eigenvalue weighted by Crippen LogP contribution is 2.30. The molecule has 5 rings (SSSR count). The van der Waals surface area contributed by atoms with Crippen LogP contribution < -0.4 is 5.32 Å². The molecule has 0 aliphatic carbocycles. The lowest BCUT2D eigenvalue weighted by Crippen LogP contribution is -2.39. The van der Waals surface area contributed by atoms with Gasteiger partial charge in [0.1, 0.15) is 17.5 Å². The Hall–Kier alpha value is -2.78. The Morgan fingerprint density at radius 3 is 2.63 bits per heavy atom. The molecule has 3 aromatic rings. The lowest BCUT2D eigenvalue weighted by Gasteiger charge is -2.32. The van der Waals surface area contributed by atoms with Gasteiger partial charge in [0.25, 0.3) is 5.91 Å². The minimum absolute atomic E-state index is 0. The number of amides is 1. The first-order valence-corrected chi connectivity index (χ1v) is 9.92. The van der Waals surface area contributed by atoms with Crippen molar-refractivity contribution < 1.29 is 9.18 Å². The van der Waals surface area contributed by atoms with E-state index in [1.165, 1.54) is 12.1 Å². The second kappa shape index (κ2) is 8.53. The monoisotopic (exact) mass is 431 g/mol. The Kier molecular flexibility index (Phi) is 5.83. The third-order valence-corrected chi connectivity index (χ3v) is 5.80. The third-order valence-electron chi connectivity index (χ3n) is 5.80. The Bertz CT molecular complexity index is 1020. The summed E-state index contributed by atoms with van der Waals surface area (Å²) in [6, 6.07) is 6.06. The number of rotatable bonds is 3. The second-order valence-corrected chi connectivity index (χ2v) is 7.53. The number of hydrogen-bond acceptors (Lipinski definition) is 5. The Morgan fingerprint density at radius 1 is 1.10 bits per heavy atom. The Morgan fingerprint density at radius 2 is 1.87 bits per heavy atom. The van der Waals surface area contributed by atoms with Gasteiger partial charge in [-0.2, -0.15) is 5.10 Å². The number of aromatic amines is 1. The molecule has 1 amide bonds. The van der Waals surface area contributed by atoms with Crippen molar-refractivity contribution in [3.63, 3.8) is 0 Å². The number of likely N-dealkylation sites (tertiary alicyclic amines) is 1. The number of nitrogens with zero attached hydrogens (tertiary/aromatic N) is 5. The summed E-state index contributed by atoms with van der Waals surface area (Å²) in [4.78, 5) is 15.0. The molecule has 2 N–H and O–H groups in total. The molecule has 2 aromatic heterocycles. The average molecular weight is 432 g/mol. The lowest BCUT2D eigenvalue weighted by atomic mass is 9.95. The zero-order chi connectivity index (χ0) is 19.8. The predicted molar refractivity (Wildman–Crippen MR) is 111 cm³/mol. The highest BCUT2D eigenvalue weighted by molar-refractivity contribution is 5.99. The van der Waals surface area contributed by atoms with Crippen LogP contribution >= 0.6 is 12.4 Å². The van der Waals surface area contributed by atoms with Crippen molar-refractivity contribution in [2.45, 2.75) is 31.8 Å². The molecule has 1 saturated heterocycles. The summed E-state index contributed by atoms with van der Waals surface area (Å²) in [5, 5.41) is 19.0. The molecule has 10 heteroatoms. The van der Waals surface area contributed by atoms with Gasteiger partial charge in [-0.25, -0.2) is 4.39 Å². The molecule has 4 heterocycles. The van der Waals surface area contributed by atoms with Crippen molar-refractivity contribution in [2.24, 2.45) is 0 Å². The van der Waals surface area contributed by atoms with Gasteiger partial charge in [0.05, 0.1) is 24.0 Å². The van der Waals surface area contributed by atoms with Crippen LogP contribution in [-0.4, -0.2) is 55.4 Å². The van der Waals surface area contributed by atoms with Crippen molar-refractivity contribution in [3.05, 3.63) is 53.5 Å². The number of piperidine rings is 1.